The van der Waals surface area contributed by atoms with Gasteiger partial charge in [0, 0.05) is 10.9 Å². The molecule has 0 spiro atoms. The molecule has 0 radical (unpaired) electrons. The minimum Gasteiger partial charge on any atom is -0.404 e. The van der Waals surface area contributed by atoms with Crippen LogP contribution in [0.1, 0.15) is 5.01 Å². The van der Waals surface area contributed by atoms with Crippen molar-refractivity contribution in [2.45, 2.75) is 18.2 Å². The summed E-state index contributed by atoms with van der Waals surface area (Å²) in [5.41, 5.74) is 1.28. The highest BCUT2D eigenvalue weighted by atomic mass is 32.2. The summed E-state index contributed by atoms with van der Waals surface area (Å²) in [6, 6.07) is 11.1. The van der Waals surface area contributed by atoms with Gasteiger partial charge in [0.1, 0.15) is 10.6 Å². The second kappa shape index (κ2) is 7.20. The predicted molar refractivity (Wildman–Crippen MR) is 96.2 cm³/mol. The smallest absolute Gasteiger partial charge is 0.404 e. The first kappa shape index (κ1) is 19.2. The molecule has 0 bridgehead atoms. The molecule has 0 fully saturated rings. The van der Waals surface area contributed by atoms with Crippen molar-refractivity contribution in [1.29, 1.82) is 0 Å². The number of thiazole rings is 1. The van der Waals surface area contributed by atoms with Gasteiger partial charge in [-0.3, -0.25) is 4.72 Å². The Balaban J connectivity index is 2.00. The molecule has 5 nitrogen and oxygen atoms in total. The number of sulfonamides is 1. The van der Waals surface area contributed by atoms with Crippen molar-refractivity contribution in [3.8, 4) is 17.0 Å². The Morgan fingerprint density at radius 2 is 1.74 bits per heavy atom. The van der Waals surface area contributed by atoms with Gasteiger partial charge in [0.25, 0.3) is 10.0 Å². The zero-order valence-electron chi connectivity index (χ0n) is 13.8. The van der Waals surface area contributed by atoms with E-state index < -0.39 is 27.0 Å². The number of aryl methyl sites for hydroxylation is 1. The third-order valence-corrected chi connectivity index (χ3v) is 5.61. The highest BCUT2D eigenvalue weighted by Crippen LogP contribution is 2.33. The first-order valence-electron chi connectivity index (χ1n) is 7.55. The molecule has 0 aliphatic heterocycles. The summed E-state index contributed by atoms with van der Waals surface area (Å²) in [5, 5.41) is 2.56. The molecule has 0 amide bonds. The molecule has 1 aromatic heterocycles. The number of ether oxygens (including phenoxy) is 1. The molecule has 1 N–H and O–H groups in total. The number of nitrogens with one attached hydrogen (secondary N) is 1. The number of anilines is 1. The lowest BCUT2D eigenvalue weighted by atomic mass is 10.1. The van der Waals surface area contributed by atoms with Crippen molar-refractivity contribution in [2.24, 2.45) is 0 Å². The standard InChI is InChI=1S/C17H13F3N2O3S2/c1-11-21-14(10-26-11)12-6-2-3-7-13(12)22-27(23,24)16-9-5-4-8-15(16)25-17(18,19)20/h2-10,22H,1H3. The zero-order valence-corrected chi connectivity index (χ0v) is 15.5. The molecule has 27 heavy (non-hydrogen) atoms. The van der Waals surface area contributed by atoms with Gasteiger partial charge in [-0.25, -0.2) is 13.4 Å². The summed E-state index contributed by atoms with van der Waals surface area (Å²) >= 11 is 1.40. The second-order valence-corrected chi connectivity index (χ2v) is 8.11. The average molecular weight is 414 g/mol. The van der Waals surface area contributed by atoms with E-state index in [-0.39, 0.29) is 5.69 Å². The molecule has 0 saturated heterocycles. The van der Waals surface area contributed by atoms with Crippen LogP contribution in [0.15, 0.2) is 58.8 Å². The Morgan fingerprint density at radius 1 is 1.07 bits per heavy atom. The highest BCUT2D eigenvalue weighted by Gasteiger charge is 2.34. The normalized spacial score (nSPS) is 12.0. The molecule has 142 valence electrons. The summed E-state index contributed by atoms with van der Waals surface area (Å²) < 4.78 is 69.4. The van der Waals surface area contributed by atoms with E-state index in [2.05, 4.69) is 14.4 Å². The highest BCUT2D eigenvalue weighted by molar-refractivity contribution is 7.92. The van der Waals surface area contributed by atoms with E-state index in [1.165, 1.54) is 29.5 Å². The molecule has 0 aliphatic carbocycles. The zero-order chi connectivity index (χ0) is 19.7. The van der Waals surface area contributed by atoms with Crippen molar-refractivity contribution in [1.82, 2.24) is 4.98 Å². The molecule has 2 aromatic carbocycles. The van der Waals surface area contributed by atoms with Gasteiger partial charge in [-0.15, -0.1) is 24.5 Å². The quantitative estimate of drug-likeness (QED) is 0.650. The Morgan fingerprint density at radius 3 is 2.41 bits per heavy atom. The Hall–Kier alpha value is -2.59. The molecular formula is C17H13F3N2O3S2. The number of benzene rings is 2. The van der Waals surface area contributed by atoms with Crippen molar-refractivity contribution in [3.05, 3.63) is 58.9 Å². The van der Waals surface area contributed by atoms with Gasteiger partial charge in [-0.2, -0.15) is 0 Å². The van der Waals surface area contributed by atoms with Crippen LogP contribution in [0.4, 0.5) is 18.9 Å². The molecule has 0 atom stereocenters. The summed E-state index contributed by atoms with van der Waals surface area (Å²) in [6.07, 6.45) is -5.01. The van der Waals surface area contributed by atoms with Crippen LogP contribution in [0.25, 0.3) is 11.3 Å². The number of para-hydroxylation sites is 2. The lowest BCUT2D eigenvalue weighted by Crippen LogP contribution is -2.21. The van der Waals surface area contributed by atoms with Crippen LogP contribution in [0.3, 0.4) is 0 Å². The van der Waals surface area contributed by atoms with Crippen LogP contribution >= 0.6 is 11.3 Å². The minimum atomic E-state index is -5.01. The van der Waals surface area contributed by atoms with Crippen molar-refractivity contribution in [3.63, 3.8) is 0 Å². The monoisotopic (exact) mass is 414 g/mol. The largest absolute Gasteiger partial charge is 0.573 e. The van der Waals surface area contributed by atoms with Crippen molar-refractivity contribution < 1.29 is 26.3 Å². The summed E-state index contributed by atoms with van der Waals surface area (Å²) in [5.74, 6) is -0.806. The fraction of sp³-hybridized carbons (Fsp3) is 0.118. The summed E-state index contributed by atoms with van der Waals surface area (Å²) in [4.78, 5) is 3.70. The molecule has 3 aromatic rings. The minimum absolute atomic E-state index is 0.199. The number of rotatable bonds is 5. The molecule has 0 unspecified atom stereocenters. The lowest BCUT2D eigenvalue weighted by molar-refractivity contribution is -0.275. The third-order valence-electron chi connectivity index (χ3n) is 3.43. The maximum Gasteiger partial charge on any atom is 0.573 e. The Bertz CT molecular complexity index is 1060. The fourth-order valence-corrected chi connectivity index (χ4v) is 4.19. The molecule has 1 heterocycles. The van der Waals surface area contributed by atoms with Gasteiger partial charge >= 0.3 is 6.36 Å². The molecule has 10 heteroatoms. The van der Waals surface area contributed by atoms with Crippen LogP contribution in [-0.4, -0.2) is 19.8 Å². The number of halogens is 3. The van der Waals surface area contributed by atoms with E-state index in [4.69, 9.17) is 0 Å². The van der Waals surface area contributed by atoms with E-state index in [0.717, 1.165) is 17.1 Å². The van der Waals surface area contributed by atoms with Crippen LogP contribution < -0.4 is 9.46 Å². The van der Waals surface area contributed by atoms with E-state index in [1.54, 1.807) is 23.6 Å². The first-order chi connectivity index (χ1) is 12.7. The fourth-order valence-electron chi connectivity index (χ4n) is 2.36. The van der Waals surface area contributed by atoms with Gasteiger partial charge in [-0.1, -0.05) is 30.3 Å². The average Bonchev–Trinajstić information content (AvgIpc) is 3.00. The number of hydrogen-bond donors (Lipinski definition) is 1. The van der Waals surface area contributed by atoms with Crippen molar-refractivity contribution in [2.75, 3.05) is 4.72 Å². The number of nitrogens with zero attached hydrogens (tertiary/aromatic N) is 1. The molecule has 3 rings (SSSR count). The summed E-state index contributed by atoms with van der Waals surface area (Å²) in [7, 11) is -4.34. The van der Waals surface area contributed by atoms with E-state index in [0.29, 0.717) is 11.3 Å². The van der Waals surface area contributed by atoms with E-state index >= 15 is 0 Å². The Kier molecular flexibility index (Phi) is 5.11. The van der Waals surface area contributed by atoms with Gasteiger partial charge < -0.3 is 4.74 Å². The van der Waals surface area contributed by atoms with Crippen LogP contribution in [0, 0.1) is 6.92 Å². The predicted octanol–water partition coefficient (Wildman–Crippen LogP) is 4.82. The SMILES string of the molecule is Cc1nc(-c2ccccc2NS(=O)(=O)c2ccccc2OC(F)(F)F)cs1. The lowest BCUT2D eigenvalue weighted by Gasteiger charge is -2.15. The van der Waals surface area contributed by atoms with Gasteiger partial charge in [0.05, 0.1) is 16.4 Å². The first-order valence-corrected chi connectivity index (χ1v) is 9.91. The second-order valence-electron chi connectivity index (χ2n) is 5.40. The van der Waals surface area contributed by atoms with Crippen LogP contribution in [0.5, 0.6) is 5.75 Å². The van der Waals surface area contributed by atoms with Gasteiger partial charge in [0.2, 0.25) is 0 Å². The van der Waals surface area contributed by atoms with E-state index in [9.17, 15) is 21.6 Å². The maximum atomic E-state index is 12.7. The third kappa shape index (κ3) is 4.58. The van der Waals surface area contributed by atoms with Crippen LogP contribution in [-0.2, 0) is 10.0 Å². The van der Waals surface area contributed by atoms with Gasteiger partial charge in [0.15, 0.2) is 0 Å². The van der Waals surface area contributed by atoms with Crippen molar-refractivity contribution >= 4 is 27.0 Å². The maximum absolute atomic E-state index is 12.7. The Labute approximate surface area is 157 Å². The number of hydrogen-bond acceptors (Lipinski definition) is 5. The van der Waals surface area contributed by atoms with Crippen LogP contribution in [0.2, 0.25) is 0 Å². The molecular weight excluding hydrogens is 401 g/mol. The topological polar surface area (TPSA) is 68.3 Å². The number of alkyl halides is 3. The molecule has 0 aliphatic rings. The summed E-state index contributed by atoms with van der Waals surface area (Å²) in [6.45, 7) is 1.81. The van der Waals surface area contributed by atoms with Gasteiger partial charge in [-0.05, 0) is 25.1 Å². The van der Waals surface area contributed by atoms with E-state index in [1.807, 2.05) is 6.92 Å². The number of aromatic nitrogens is 1. The molecule has 0 saturated carbocycles.